The standard InChI is InChI=1S/C34H47NO9/c1-7-35-16-32(17-39-3)14-13-22(40-4)33-21-15-20-25(43-31(38)19-11-9-8-10-12-19)23(21)34(44-18(2)36,30(37)26(20)41-5)24(29(33)35)27(42-6)28(32)33/h8-12,20-30,37H,7,13-17H2,1-6H3/t20-,21+,22+,23+,24-,25-,26+,27-,28+,29+,30-,32-,33-,34+/m0/s1. The molecule has 242 valence electrons. The van der Waals surface area contributed by atoms with E-state index in [-0.39, 0.29) is 41.4 Å². The van der Waals surface area contributed by atoms with E-state index >= 15 is 0 Å². The van der Waals surface area contributed by atoms with Crippen LogP contribution in [0.4, 0.5) is 0 Å². The maximum atomic E-state index is 13.7. The van der Waals surface area contributed by atoms with E-state index in [1.54, 1.807) is 40.6 Å². The average molecular weight is 614 g/mol. The van der Waals surface area contributed by atoms with Gasteiger partial charge in [0.05, 0.1) is 30.5 Å². The summed E-state index contributed by atoms with van der Waals surface area (Å²) in [7, 11) is 6.89. The van der Waals surface area contributed by atoms with E-state index < -0.39 is 53.1 Å². The van der Waals surface area contributed by atoms with E-state index in [0.717, 1.165) is 25.9 Å². The Morgan fingerprint density at radius 2 is 1.73 bits per heavy atom. The third-order valence-corrected chi connectivity index (χ3v) is 13.0. The summed E-state index contributed by atoms with van der Waals surface area (Å²) in [5.41, 5.74) is -1.58. The van der Waals surface area contributed by atoms with Gasteiger partial charge in [0.2, 0.25) is 0 Å². The van der Waals surface area contributed by atoms with Gasteiger partial charge in [-0.05, 0) is 43.9 Å². The lowest BCUT2D eigenvalue weighted by molar-refractivity contribution is -0.303. The van der Waals surface area contributed by atoms with Crippen molar-refractivity contribution >= 4 is 11.9 Å². The first kappa shape index (κ1) is 30.6. The van der Waals surface area contributed by atoms with Crippen LogP contribution in [0.3, 0.4) is 0 Å². The molecule has 1 saturated heterocycles. The largest absolute Gasteiger partial charge is 0.458 e. The molecule has 0 aromatic heterocycles. The molecule has 1 heterocycles. The highest BCUT2D eigenvalue weighted by Crippen LogP contribution is 2.80. The Hall–Kier alpha value is -2.08. The predicted molar refractivity (Wildman–Crippen MR) is 158 cm³/mol. The smallest absolute Gasteiger partial charge is 0.338 e. The summed E-state index contributed by atoms with van der Waals surface area (Å²) in [6.45, 7) is 5.75. The molecule has 6 fully saturated rings. The second-order valence-electron chi connectivity index (χ2n) is 14.1. The van der Waals surface area contributed by atoms with Gasteiger partial charge in [0, 0.05) is 82.5 Å². The van der Waals surface area contributed by atoms with Gasteiger partial charge in [-0.1, -0.05) is 25.1 Å². The van der Waals surface area contributed by atoms with Gasteiger partial charge in [-0.2, -0.15) is 0 Å². The summed E-state index contributed by atoms with van der Waals surface area (Å²) in [5.74, 6) is -2.16. The molecule has 0 radical (unpaired) electrons. The highest BCUT2D eigenvalue weighted by atomic mass is 16.6. The van der Waals surface area contributed by atoms with Gasteiger partial charge in [0.15, 0.2) is 5.60 Å². The van der Waals surface area contributed by atoms with Crippen molar-refractivity contribution in [3.05, 3.63) is 35.9 Å². The van der Waals surface area contributed by atoms with Crippen LogP contribution in [-0.4, -0.2) is 112 Å². The molecule has 44 heavy (non-hydrogen) atoms. The van der Waals surface area contributed by atoms with Gasteiger partial charge in [0.1, 0.15) is 12.2 Å². The number of piperidine rings is 1. The molecule has 1 aromatic carbocycles. The molecule has 1 N–H and O–H groups in total. The van der Waals surface area contributed by atoms with Gasteiger partial charge in [-0.25, -0.2) is 4.79 Å². The molecule has 0 unspecified atom stereocenters. The maximum absolute atomic E-state index is 13.7. The van der Waals surface area contributed by atoms with Crippen LogP contribution in [0.25, 0.3) is 0 Å². The molecule has 7 bridgehead atoms. The zero-order valence-electron chi connectivity index (χ0n) is 26.6. The van der Waals surface area contributed by atoms with Crippen molar-refractivity contribution < 1.29 is 43.1 Å². The summed E-state index contributed by atoms with van der Waals surface area (Å²) in [6.07, 6.45) is -0.506. The minimum atomic E-state index is -1.41. The third-order valence-electron chi connectivity index (χ3n) is 13.0. The van der Waals surface area contributed by atoms with Crippen molar-refractivity contribution in [2.75, 3.05) is 48.1 Å². The number of aliphatic hydroxyl groups is 1. The molecule has 6 aliphatic rings. The summed E-state index contributed by atoms with van der Waals surface area (Å²) in [5, 5.41) is 12.5. The molecule has 5 saturated carbocycles. The predicted octanol–water partition coefficient (Wildman–Crippen LogP) is 2.56. The number of nitrogens with zero attached hydrogens (tertiary/aromatic N) is 1. The highest BCUT2D eigenvalue weighted by Gasteiger charge is 2.89. The monoisotopic (exact) mass is 613 g/mol. The molecule has 1 aliphatic heterocycles. The minimum absolute atomic E-state index is 0.0249. The Morgan fingerprint density at radius 1 is 1.00 bits per heavy atom. The van der Waals surface area contributed by atoms with Crippen LogP contribution in [0.1, 0.15) is 43.5 Å². The zero-order chi connectivity index (χ0) is 31.2. The van der Waals surface area contributed by atoms with E-state index in [0.29, 0.717) is 18.6 Å². The van der Waals surface area contributed by atoms with Crippen molar-refractivity contribution in [3.8, 4) is 0 Å². The minimum Gasteiger partial charge on any atom is -0.458 e. The fourth-order valence-electron chi connectivity index (χ4n) is 12.3. The molecule has 10 heteroatoms. The number of hydrogen-bond donors (Lipinski definition) is 1. The first-order chi connectivity index (χ1) is 21.2. The number of fused-ring (bicyclic) bond motifs is 2. The fraction of sp³-hybridized carbons (Fsp3) is 0.765. The Morgan fingerprint density at radius 3 is 2.34 bits per heavy atom. The number of ether oxygens (including phenoxy) is 6. The molecule has 14 atom stereocenters. The van der Waals surface area contributed by atoms with Crippen LogP contribution >= 0.6 is 0 Å². The van der Waals surface area contributed by atoms with Crippen LogP contribution in [0, 0.1) is 40.4 Å². The first-order valence-electron chi connectivity index (χ1n) is 16.2. The average Bonchev–Trinajstić information content (AvgIpc) is 3.45. The molecule has 1 aromatic rings. The highest BCUT2D eigenvalue weighted by molar-refractivity contribution is 5.89. The zero-order valence-corrected chi connectivity index (χ0v) is 26.6. The second-order valence-corrected chi connectivity index (χ2v) is 14.1. The first-order valence-corrected chi connectivity index (χ1v) is 16.2. The number of carbonyl (C=O) groups is 2. The number of esters is 2. The lowest BCUT2D eigenvalue weighted by atomic mass is 9.43. The molecule has 5 aliphatic carbocycles. The lowest BCUT2D eigenvalue weighted by Crippen LogP contribution is -2.79. The normalized spacial score (nSPS) is 48.2. The van der Waals surface area contributed by atoms with E-state index in [1.165, 1.54) is 6.92 Å². The number of carbonyl (C=O) groups excluding carboxylic acids is 2. The Bertz CT molecular complexity index is 1280. The maximum Gasteiger partial charge on any atom is 0.338 e. The number of methoxy groups -OCH3 is 4. The second kappa shape index (κ2) is 10.7. The topological polar surface area (TPSA) is 113 Å². The van der Waals surface area contributed by atoms with Crippen molar-refractivity contribution in [1.29, 1.82) is 0 Å². The molecule has 10 nitrogen and oxygen atoms in total. The Kier molecular flexibility index (Phi) is 7.46. The van der Waals surface area contributed by atoms with E-state index in [4.69, 9.17) is 28.4 Å². The third kappa shape index (κ3) is 3.58. The summed E-state index contributed by atoms with van der Waals surface area (Å²) in [4.78, 5) is 29.5. The van der Waals surface area contributed by atoms with Gasteiger partial charge >= 0.3 is 11.9 Å². The Labute approximate surface area is 259 Å². The quantitative estimate of drug-likeness (QED) is 0.417. The van der Waals surface area contributed by atoms with E-state index in [1.807, 2.05) is 18.2 Å². The van der Waals surface area contributed by atoms with Crippen LogP contribution in [0.15, 0.2) is 30.3 Å². The van der Waals surface area contributed by atoms with Crippen molar-refractivity contribution in [2.45, 2.75) is 75.3 Å². The Balaban J connectivity index is 1.49. The fourth-order valence-corrected chi connectivity index (χ4v) is 12.3. The van der Waals surface area contributed by atoms with Crippen LogP contribution < -0.4 is 0 Å². The van der Waals surface area contributed by atoms with Gasteiger partial charge < -0.3 is 33.5 Å². The van der Waals surface area contributed by atoms with Crippen molar-refractivity contribution in [1.82, 2.24) is 4.90 Å². The number of hydrogen-bond acceptors (Lipinski definition) is 10. The van der Waals surface area contributed by atoms with E-state index in [2.05, 4.69) is 11.8 Å². The summed E-state index contributed by atoms with van der Waals surface area (Å²) in [6, 6.07) is 8.88. The van der Waals surface area contributed by atoms with Crippen LogP contribution in [0.2, 0.25) is 0 Å². The number of benzene rings is 1. The van der Waals surface area contributed by atoms with Gasteiger partial charge in [-0.15, -0.1) is 0 Å². The van der Waals surface area contributed by atoms with Gasteiger partial charge in [-0.3, -0.25) is 9.69 Å². The molecular weight excluding hydrogens is 566 g/mol. The summed E-state index contributed by atoms with van der Waals surface area (Å²) >= 11 is 0. The molecular formula is C34H47NO9. The number of likely N-dealkylation sites (tertiary alicyclic amines) is 1. The van der Waals surface area contributed by atoms with Crippen LogP contribution in [0.5, 0.6) is 0 Å². The lowest BCUT2D eigenvalue weighted by Gasteiger charge is -2.69. The number of aliphatic hydroxyl groups excluding tert-OH is 1. The van der Waals surface area contributed by atoms with Gasteiger partial charge in [0.25, 0.3) is 0 Å². The van der Waals surface area contributed by atoms with Crippen molar-refractivity contribution in [2.24, 2.45) is 40.4 Å². The van der Waals surface area contributed by atoms with Crippen LogP contribution in [-0.2, 0) is 33.2 Å². The molecule has 0 amide bonds. The van der Waals surface area contributed by atoms with E-state index in [9.17, 15) is 14.7 Å². The molecule has 7 rings (SSSR count). The van der Waals surface area contributed by atoms with Crippen molar-refractivity contribution in [3.63, 3.8) is 0 Å². The SMILES string of the molecule is CCN1C[C@]2(COC)CC[C@@H](OC)[C@@]34[C@@H]5C[C@@H]6[C@@H](OC)[C@H](O)[C@@](OC(C)=O)([C@H]5[C@H]6OC(=O)c5ccccc5)[C@@H]([C@H](OC)[C@H]23)[C@@H]14. The number of rotatable bonds is 9. The molecule has 1 spiro atoms. The summed E-state index contributed by atoms with van der Waals surface area (Å²) < 4.78 is 38.2.